The lowest BCUT2D eigenvalue weighted by molar-refractivity contribution is 0.0924. The van der Waals surface area contributed by atoms with E-state index in [1.54, 1.807) is 11.8 Å². The molecular formula is C18H24ClN3O2. The smallest absolute Gasteiger partial charge is 0.233 e. The average molecular weight is 350 g/mol. The quantitative estimate of drug-likeness (QED) is 0.769. The van der Waals surface area contributed by atoms with Crippen LogP contribution >= 0.6 is 11.6 Å². The third kappa shape index (κ3) is 4.72. The number of ether oxygens (including phenoxy) is 2. The van der Waals surface area contributed by atoms with Crippen LogP contribution in [-0.2, 0) is 4.74 Å². The van der Waals surface area contributed by atoms with E-state index < -0.39 is 0 Å². The van der Waals surface area contributed by atoms with E-state index in [0.717, 1.165) is 37.0 Å². The third-order valence-corrected chi connectivity index (χ3v) is 4.67. The van der Waals surface area contributed by atoms with Crippen LogP contribution in [0.15, 0.2) is 36.5 Å². The van der Waals surface area contributed by atoms with Crippen LogP contribution in [-0.4, -0.2) is 54.6 Å². The van der Waals surface area contributed by atoms with Crippen molar-refractivity contribution in [1.29, 1.82) is 0 Å². The summed E-state index contributed by atoms with van der Waals surface area (Å²) in [5.41, 5.74) is 0.967. The molecule has 1 aromatic heterocycles. The molecule has 5 nitrogen and oxygen atoms in total. The first kappa shape index (κ1) is 17.3. The molecule has 0 aliphatic carbocycles. The molecule has 2 aromatic rings. The predicted octanol–water partition coefficient (Wildman–Crippen LogP) is 3.26. The van der Waals surface area contributed by atoms with Crippen molar-refractivity contribution in [2.24, 2.45) is 5.92 Å². The van der Waals surface area contributed by atoms with Crippen molar-refractivity contribution < 1.29 is 9.47 Å². The van der Waals surface area contributed by atoms with E-state index in [1.807, 2.05) is 36.5 Å². The van der Waals surface area contributed by atoms with Gasteiger partial charge in [-0.05, 0) is 56.1 Å². The molecule has 3 rings (SSSR count). The van der Waals surface area contributed by atoms with Gasteiger partial charge in [-0.15, -0.1) is 5.10 Å². The number of halogens is 1. The third-order valence-electron chi connectivity index (χ3n) is 4.42. The van der Waals surface area contributed by atoms with Gasteiger partial charge in [0.2, 0.25) is 5.88 Å². The second-order valence-corrected chi connectivity index (χ2v) is 6.60. The lowest BCUT2D eigenvalue weighted by atomic mass is 9.98. The number of rotatable bonds is 7. The Balaban J connectivity index is 1.42. The summed E-state index contributed by atoms with van der Waals surface area (Å²) >= 11 is 5.91. The van der Waals surface area contributed by atoms with E-state index >= 15 is 0 Å². The standard InChI is InChI=1S/C18H24ClN3O2/c1-23-14-15-6-9-21(10-7-15)12-13-24-18-8-11-22(20-18)17-4-2-16(19)3-5-17/h2-5,8,11,15H,6-7,9-10,12-14H2,1H3. The Labute approximate surface area is 148 Å². The van der Waals surface area contributed by atoms with E-state index in [2.05, 4.69) is 10.00 Å². The first-order chi connectivity index (χ1) is 11.7. The van der Waals surface area contributed by atoms with Crippen LogP contribution in [0.25, 0.3) is 5.69 Å². The SMILES string of the molecule is COCC1CCN(CCOc2ccn(-c3ccc(Cl)cc3)n2)CC1. The van der Waals surface area contributed by atoms with Crippen LogP contribution in [0.2, 0.25) is 5.02 Å². The van der Waals surface area contributed by atoms with E-state index in [1.165, 1.54) is 12.8 Å². The average Bonchev–Trinajstić information content (AvgIpc) is 3.06. The van der Waals surface area contributed by atoms with E-state index in [9.17, 15) is 0 Å². The summed E-state index contributed by atoms with van der Waals surface area (Å²) in [5.74, 6) is 1.36. The maximum absolute atomic E-state index is 5.91. The van der Waals surface area contributed by atoms with Gasteiger partial charge in [-0.25, -0.2) is 4.68 Å². The molecule has 0 saturated carbocycles. The van der Waals surface area contributed by atoms with Gasteiger partial charge in [0.25, 0.3) is 0 Å². The molecule has 1 aliphatic heterocycles. The monoisotopic (exact) mass is 349 g/mol. The Morgan fingerprint density at radius 1 is 1.17 bits per heavy atom. The van der Waals surface area contributed by atoms with Gasteiger partial charge in [0.1, 0.15) is 6.61 Å². The molecule has 0 spiro atoms. The molecule has 130 valence electrons. The number of aromatic nitrogens is 2. The number of piperidine rings is 1. The highest BCUT2D eigenvalue weighted by Crippen LogP contribution is 2.18. The van der Waals surface area contributed by atoms with Crippen molar-refractivity contribution in [2.45, 2.75) is 12.8 Å². The highest BCUT2D eigenvalue weighted by Gasteiger charge is 2.18. The van der Waals surface area contributed by atoms with Crippen LogP contribution in [0.1, 0.15) is 12.8 Å². The molecule has 0 atom stereocenters. The van der Waals surface area contributed by atoms with Gasteiger partial charge < -0.3 is 9.47 Å². The topological polar surface area (TPSA) is 39.5 Å². The molecule has 1 aromatic carbocycles. The Hall–Kier alpha value is -1.56. The largest absolute Gasteiger partial charge is 0.475 e. The molecule has 0 amide bonds. The lowest BCUT2D eigenvalue weighted by Gasteiger charge is -2.31. The van der Waals surface area contributed by atoms with Gasteiger partial charge in [-0.3, -0.25) is 4.90 Å². The first-order valence-corrected chi connectivity index (χ1v) is 8.78. The van der Waals surface area contributed by atoms with Gasteiger partial charge in [0, 0.05) is 37.5 Å². The Morgan fingerprint density at radius 2 is 1.92 bits per heavy atom. The van der Waals surface area contributed by atoms with Crippen molar-refractivity contribution in [3.8, 4) is 11.6 Å². The second-order valence-electron chi connectivity index (χ2n) is 6.16. The second kappa shape index (κ2) is 8.51. The summed E-state index contributed by atoms with van der Waals surface area (Å²) in [6.07, 6.45) is 4.31. The van der Waals surface area contributed by atoms with Crippen molar-refractivity contribution >= 4 is 11.6 Å². The number of benzene rings is 1. The van der Waals surface area contributed by atoms with Crippen molar-refractivity contribution in [3.05, 3.63) is 41.6 Å². The Bertz CT molecular complexity index is 621. The number of nitrogens with zero attached hydrogens (tertiary/aromatic N) is 3. The molecule has 1 fully saturated rings. The zero-order chi connectivity index (χ0) is 16.8. The minimum atomic E-state index is 0.652. The van der Waals surface area contributed by atoms with Gasteiger partial charge in [-0.2, -0.15) is 0 Å². The minimum absolute atomic E-state index is 0.652. The maximum Gasteiger partial charge on any atom is 0.233 e. The van der Waals surface area contributed by atoms with Gasteiger partial charge in [-0.1, -0.05) is 11.6 Å². The molecule has 2 heterocycles. The fraction of sp³-hybridized carbons (Fsp3) is 0.500. The summed E-state index contributed by atoms with van der Waals surface area (Å²) < 4.78 is 12.8. The number of hydrogen-bond acceptors (Lipinski definition) is 4. The van der Waals surface area contributed by atoms with Crippen LogP contribution in [0, 0.1) is 5.92 Å². The molecule has 0 N–H and O–H groups in total. The molecule has 1 aliphatic rings. The Kier molecular flexibility index (Phi) is 6.12. The van der Waals surface area contributed by atoms with Gasteiger partial charge in [0.15, 0.2) is 0 Å². The molecule has 0 unspecified atom stereocenters. The fourth-order valence-corrected chi connectivity index (χ4v) is 3.14. The summed E-state index contributed by atoms with van der Waals surface area (Å²) in [6, 6.07) is 9.46. The normalized spacial score (nSPS) is 16.4. The molecular weight excluding hydrogens is 326 g/mol. The van der Waals surface area contributed by atoms with Crippen LogP contribution < -0.4 is 4.74 Å². The molecule has 24 heavy (non-hydrogen) atoms. The Morgan fingerprint density at radius 3 is 2.62 bits per heavy atom. The highest BCUT2D eigenvalue weighted by molar-refractivity contribution is 6.30. The summed E-state index contributed by atoms with van der Waals surface area (Å²) in [7, 11) is 1.78. The summed E-state index contributed by atoms with van der Waals surface area (Å²) in [4.78, 5) is 2.45. The number of hydrogen-bond donors (Lipinski definition) is 0. The van der Waals surface area contributed by atoms with E-state index in [0.29, 0.717) is 18.4 Å². The first-order valence-electron chi connectivity index (χ1n) is 8.40. The van der Waals surface area contributed by atoms with Gasteiger partial charge >= 0.3 is 0 Å². The molecule has 0 bridgehead atoms. The van der Waals surface area contributed by atoms with Crippen LogP contribution in [0.5, 0.6) is 5.88 Å². The zero-order valence-corrected chi connectivity index (χ0v) is 14.8. The highest BCUT2D eigenvalue weighted by atomic mass is 35.5. The number of likely N-dealkylation sites (tertiary alicyclic amines) is 1. The summed E-state index contributed by atoms with van der Waals surface area (Å²) in [5, 5.41) is 5.16. The number of methoxy groups -OCH3 is 1. The molecule has 0 radical (unpaired) electrons. The van der Waals surface area contributed by atoms with E-state index in [4.69, 9.17) is 21.1 Å². The fourth-order valence-electron chi connectivity index (χ4n) is 3.01. The van der Waals surface area contributed by atoms with Crippen molar-refractivity contribution in [1.82, 2.24) is 14.7 Å². The van der Waals surface area contributed by atoms with Crippen molar-refractivity contribution in [3.63, 3.8) is 0 Å². The van der Waals surface area contributed by atoms with Gasteiger partial charge in [0.05, 0.1) is 5.69 Å². The van der Waals surface area contributed by atoms with Crippen LogP contribution in [0.4, 0.5) is 0 Å². The lowest BCUT2D eigenvalue weighted by Crippen LogP contribution is -2.37. The molecule has 6 heteroatoms. The molecule has 1 saturated heterocycles. The van der Waals surface area contributed by atoms with Crippen molar-refractivity contribution in [2.75, 3.05) is 40.0 Å². The maximum atomic E-state index is 5.91. The predicted molar refractivity (Wildman–Crippen MR) is 95.1 cm³/mol. The van der Waals surface area contributed by atoms with E-state index in [-0.39, 0.29) is 0 Å². The summed E-state index contributed by atoms with van der Waals surface area (Å²) in [6.45, 7) is 4.72. The van der Waals surface area contributed by atoms with Crippen LogP contribution in [0.3, 0.4) is 0 Å². The minimum Gasteiger partial charge on any atom is -0.475 e. The zero-order valence-electron chi connectivity index (χ0n) is 14.0.